The Morgan fingerprint density at radius 3 is 3.12 bits per heavy atom. The third-order valence-corrected chi connectivity index (χ3v) is 2.93. The quantitative estimate of drug-likeness (QED) is 0.642. The highest BCUT2D eigenvalue weighted by Gasteiger charge is 2.18. The van der Waals surface area contributed by atoms with Gasteiger partial charge in [-0.15, -0.1) is 0 Å². The lowest BCUT2D eigenvalue weighted by molar-refractivity contribution is 0.0461. The van der Waals surface area contributed by atoms with Gasteiger partial charge in [0, 0.05) is 13.0 Å². The van der Waals surface area contributed by atoms with E-state index in [1.807, 2.05) is 6.07 Å². The van der Waals surface area contributed by atoms with Gasteiger partial charge in [-0.05, 0) is 31.0 Å². The molecule has 0 aliphatic carbocycles. The molecule has 1 aliphatic heterocycles. The third kappa shape index (κ3) is 3.09. The second kappa shape index (κ2) is 5.87. The Morgan fingerprint density at radius 1 is 1.47 bits per heavy atom. The number of hydrogen-bond donors (Lipinski definition) is 1. The molecule has 0 bridgehead atoms. The maximum Gasteiger partial charge on any atom is 0.374 e. The molecule has 2 heterocycles. The molecule has 1 aliphatic rings. The minimum atomic E-state index is -0.334. The number of unbranched alkanes of at least 4 members (excludes halogenated alkanes) is 1. The average molecular weight is 237 g/mol. The molecule has 0 atom stereocenters. The van der Waals surface area contributed by atoms with Gasteiger partial charge in [-0.1, -0.05) is 13.3 Å². The first kappa shape index (κ1) is 12.2. The summed E-state index contributed by atoms with van der Waals surface area (Å²) in [6.45, 7) is 4.39. The topological polar surface area (TPSA) is 51.5 Å². The number of rotatable bonds is 4. The zero-order chi connectivity index (χ0) is 12.1. The first-order chi connectivity index (χ1) is 8.31. The van der Waals surface area contributed by atoms with Crippen molar-refractivity contribution in [1.82, 2.24) is 5.32 Å². The highest BCUT2D eigenvalue weighted by Crippen LogP contribution is 2.19. The number of fused-ring (bicyclic) bond motifs is 1. The SMILES string of the molecule is CCCCOC(=O)c1cc2c(o1)CCNCC2. The van der Waals surface area contributed by atoms with Crippen LogP contribution in [0.2, 0.25) is 0 Å². The minimum absolute atomic E-state index is 0.334. The maximum absolute atomic E-state index is 11.7. The van der Waals surface area contributed by atoms with Crippen LogP contribution in [0.25, 0.3) is 0 Å². The number of nitrogens with one attached hydrogen (secondary N) is 1. The van der Waals surface area contributed by atoms with E-state index in [2.05, 4.69) is 12.2 Å². The van der Waals surface area contributed by atoms with Crippen molar-refractivity contribution in [3.8, 4) is 0 Å². The monoisotopic (exact) mass is 237 g/mol. The highest BCUT2D eigenvalue weighted by atomic mass is 16.5. The molecule has 0 saturated heterocycles. The van der Waals surface area contributed by atoms with Crippen molar-refractivity contribution in [1.29, 1.82) is 0 Å². The summed E-state index contributed by atoms with van der Waals surface area (Å²) in [6.07, 6.45) is 3.68. The second-order valence-electron chi connectivity index (χ2n) is 4.30. The fourth-order valence-corrected chi connectivity index (χ4v) is 1.92. The van der Waals surface area contributed by atoms with Crippen LogP contribution in [0.15, 0.2) is 10.5 Å². The predicted molar refractivity (Wildman–Crippen MR) is 64.2 cm³/mol. The lowest BCUT2D eigenvalue weighted by Crippen LogP contribution is -2.16. The summed E-state index contributed by atoms with van der Waals surface area (Å²) in [5, 5.41) is 3.29. The Bertz CT molecular complexity index is 361. The van der Waals surface area contributed by atoms with Crippen molar-refractivity contribution in [2.24, 2.45) is 0 Å². The fraction of sp³-hybridized carbons (Fsp3) is 0.615. The van der Waals surface area contributed by atoms with Crippen LogP contribution in [0, 0.1) is 0 Å². The molecule has 17 heavy (non-hydrogen) atoms. The summed E-state index contributed by atoms with van der Waals surface area (Å²) >= 11 is 0. The summed E-state index contributed by atoms with van der Waals surface area (Å²) in [5.74, 6) is 0.949. The number of carbonyl (C=O) groups is 1. The molecule has 0 spiro atoms. The maximum atomic E-state index is 11.7. The Labute approximate surface area is 101 Å². The predicted octanol–water partition coefficient (Wildman–Crippen LogP) is 1.92. The number of ether oxygens (including phenoxy) is 1. The van der Waals surface area contributed by atoms with Crippen LogP contribution in [0.1, 0.15) is 41.6 Å². The van der Waals surface area contributed by atoms with Crippen molar-refractivity contribution < 1.29 is 13.9 Å². The van der Waals surface area contributed by atoms with E-state index >= 15 is 0 Å². The lowest BCUT2D eigenvalue weighted by atomic mass is 10.1. The van der Waals surface area contributed by atoms with E-state index in [0.29, 0.717) is 12.4 Å². The molecule has 1 aromatic rings. The van der Waals surface area contributed by atoms with Crippen LogP contribution in [-0.2, 0) is 17.6 Å². The molecule has 1 aromatic heterocycles. The van der Waals surface area contributed by atoms with Crippen LogP contribution in [0.5, 0.6) is 0 Å². The standard InChI is InChI=1S/C13H19NO3/c1-2-3-8-16-13(15)12-9-10-4-6-14-7-5-11(10)17-12/h9,14H,2-8H2,1H3. The molecule has 0 radical (unpaired) electrons. The van der Waals surface area contributed by atoms with Crippen molar-refractivity contribution >= 4 is 5.97 Å². The first-order valence-electron chi connectivity index (χ1n) is 6.30. The van der Waals surface area contributed by atoms with E-state index in [1.54, 1.807) is 0 Å². The van der Waals surface area contributed by atoms with Crippen LogP contribution >= 0.6 is 0 Å². The molecule has 0 unspecified atom stereocenters. The Balaban J connectivity index is 1.99. The third-order valence-electron chi connectivity index (χ3n) is 2.93. The van der Waals surface area contributed by atoms with Crippen molar-refractivity contribution in [3.63, 3.8) is 0 Å². The first-order valence-corrected chi connectivity index (χ1v) is 6.30. The van der Waals surface area contributed by atoms with Gasteiger partial charge in [0.2, 0.25) is 5.76 Å². The molecule has 0 aromatic carbocycles. The van der Waals surface area contributed by atoms with E-state index in [4.69, 9.17) is 9.15 Å². The molecule has 4 heteroatoms. The Kier molecular flexibility index (Phi) is 4.20. The molecule has 2 rings (SSSR count). The van der Waals surface area contributed by atoms with Crippen molar-refractivity contribution in [2.75, 3.05) is 19.7 Å². The van der Waals surface area contributed by atoms with Gasteiger partial charge < -0.3 is 14.5 Å². The van der Waals surface area contributed by atoms with Crippen LogP contribution in [-0.4, -0.2) is 25.7 Å². The zero-order valence-corrected chi connectivity index (χ0v) is 10.3. The zero-order valence-electron chi connectivity index (χ0n) is 10.3. The average Bonchev–Trinajstić information content (AvgIpc) is 2.61. The number of hydrogen-bond acceptors (Lipinski definition) is 4. The molecule has 0 saturated carbocycles. The van der Waals surface area contributed by atoms with Crippen LogP contribution < -0.4 is 5.32 Å². The molecule has 0 amide bonds. The summed E-state index contributed by atoms with van der Waals surface area (Å²) in [4.78, 5) is 11.7. The van der Waals surface area contributed by atoms with Gasteiger partial charge in [0.05, 0.1) is 6.61 Å². The smallest absolute Gasteiger partial charge is 0.374 e. The Hall–Kier alpha value is -1.29. The normalized spacial score (nSPS) is 15.1. The molecule has 4 nitrogen and oxygen atoms in total. The summed E-state index contributed by atoms with van der Waals surface area (Å²) in [7, 11) is 0. The van der Waals surface area contributed by atoms with Crippen molar-refractivity contribution in [3.05, 3.63) is 23.2 Å². The van der Waals surface area contributed by atoms with Gasteiger partial charge in [0.25, 0.3) is 0 Å². The summed E-state index contributed by atoms with van der Waals surface area (Å²) in [5.41, 5.74) is 1.14. The van der Waals surface area contributed by atoms with Gasteiger partial charge in [0.1, 0.15) is 5.76 Å². The summed E-state index contributed by atoms with van der Waals surface area (Å²) in [6, 6.07) is 1.83. The Morgan fingerprint density at radius 2 is 2.29 bits per heavy atom. The molecule has 0 fully saturated rings. The van der Waals surface area contributed by atoms with Crippen LogP contribution in [0.4, 0.5) is 0 Å². The lowest BCUT2D eigenvalue weighted by Gasteiger charge is -2.01. The molecular weight excluding hydrogens is 218 g/mol. The number of carbonyl (C=O) groups excluding carboxylic acids is 1. The second-order valence-corrected chi connectivity index (χ2v) is 4.30. The highest BCUT2D eigenvalue weighted by molar-refractivity contribution is 5.86. The molecule has 1 N–H and O–H groups in total. The number of esters is 1. The number of furan rings is 1. The van der Waals surface area contributed by atoms with Gasteiger partial charge in [0.15, 0.2) is 0 Å². The van der Waals surface area contributed by atoms with Crippen LogP contribution in [0.3, 0.4) is 0 Å². The van der Waals surface area contributed by atoms with Gasteiger partial charge in [-0.3, -0.25) is 0 Å². The summed E-state index contributed by atoms with van der Waals surface area (Å²) < 4.78 is 10.7. The molecule has 94 valence electrons. The minimum Gasteiger partial charge on any atom is -0.460 e. The van der Waals surface area contributed by atoms with Gasteiger partial charge in [-0.25, -0.2) is 4.79 Å². The fourth-order valence-electron chi connectivity index (χ4n) is 1.92. The molecular formula is C13H19NO3. The van der Waals surface area contributed by atoms with E-state index in [9.17, 15) is 4.79 Å². The van der Waals surface area contributed by atoms with E-state index in [-0.39, 0.29) is 5.97 Å². The van der Waals surface area contributed by atoms with Gasteiger partial charge in [-0.2, -0.15) is 0 Å². The van der Waals surface area contributed by atoms with Crippen molar-refractivity contribution in [2.45, 2.75) is 32.6 Å². The van der Waals surface area contributed by atoms with E-state index < -0.39 is 0 Å². The largest absolute Gasteiger partial charge is 0.460 e. The van der Waals surface area contributed by atoms with E-state index in [1.165, 1.54) is 0 Å². The van der Waals surface area contributed by atoms with E-state index in [0.717, 1.165) is 50.1 Å². The van der Waals surface area contributed by atoms with Gasteiger partial charge >= 0.3 is 5.97 Å².